The van der Waals surface area contributed by atoms with Gasteiger partial charge in [-0.05, 0) is 20.8 Å². The molecule has 0 spiro atoms. The highest BCUT2D eigenvalue weighted by atomic mass is 16.5. The SMILES string of the molecule is CCOC(=O)C[C@@H](O)CC(=O)N(CC)CC. The fourth-order valence-corrected chi connectivity index (χ4v) is 1.39. The van der Waals surface area contributed by atoms with E-state index in [0.717, 1.165) is 0 Å². The molecule has 0 aromatic heterocycles. The Bertz CT molecular complexity index is 226. The maximum atomic E-state index is 11.6. The van der Waals surface area contributed by atoms with Crippen molar-refractivity contribution in [3.8, 4) is 0 Å². The predicted octanol–water partition coefficient (Wildman–Crippen LogP) is 0.559. The Balaban J connectivity index is 3.99. The first kappa shape index (κ1) is 14.9. The molecule has 0 saturated heterocycles. The van der Waals surface area contributed by atoms with Gasteiger partial charge in [-0.25, -0.2) is 0 Å². The van der Waals surface area contributed by atoms with Crippen molar-refractivity contribution in [1.82, 2.24) is 4.90 Å². The van der Waals surface area contributed by atoms with Gasteiger partial charge < -0.3 is 14.7 Å². The quantitative estimate of drug-likeness (QED) is 0.650. The minimum absolute atomic E-state index is 0.0273. The van der Waals surface area contributed by atoms with Crippen molar-refractivity contribution in [2.75, 3.05) is 19.7 Å². The number of rotatable bonds is 7. The first-order chi connectivity index (χ1) is 7.54. The largest absolute Gasteiger partial charge is 0.466 e. The lowest BCUT2D eigenvalue weighted by molar-refractivity contribution is -0.146. The second kappa shape index (κ2) is 8.10. The fourth-order valence-electron chi connectivity index (χ4n) is 1.39. The summed E-state index contributed by atoms with van der Waals surface area (Å²) in [4.78, 5) is 24.2. The van der Waals surface area contributed by atoms with E-state index in [4.69, 9.17) is 0 Å². The second-order valence-electron chi connectivity index (χ2n) is 3.43. The van der Waals surface area contributed by atoms with Crippen molar-refractivity contribution in [3.63, 3.8) is 0 Å². The van der Waals surface area contributed by atoms with Crippen LogP contribution in [0.25, 0.3) is 0 Å². The third-order valence-corrected chi connectivity index (χ3v) is 2.23. The molecule has 0 aliphatic carbocycles. The zero-order valence-corrected chi connectivity index (χ0v) is 10.2. The molecule has 16 heavy (non-hydrogen) atoms. The maximum Gasteiger partial charge on any atom is 0.308 e. The van der Waals surface area contributed by atoms with E-state index in [1.807, 2.05) is 13.8 Å². The number of aliphatic hydroxyl groups is 1. The van der Waals surface area contributed by atoms with Gasteiger partial charge in [0.15, 0.2) is 0 Å². The molecule has 0 aliphatic heterocycles. The molecule has 5 nitrogen and oxygen atoms in total. The summed E-state index contributed by atoms with van der Waals surface area (Å²) in [5.41, 5.74) is 0. The predicted molar refractivity (Wildman–Crippen MR) is 59.8 cm³/mol. The van der Waals surface area contributed by atoms with Crippen molar-refractivity contribution >= 4 is 11.9 Å². The summed E-state index contributed by atoms with van der Waals surface area (Å²) in [7, 11) is 0. The Labute approximate surface area is 96.4 Å². The Hall–Kier alpha value is -1.10. The highest BCUT2D eigenvalue weighted by Gasteiger charge is 2.18. The smallest absolute Gasteiger partial charge is 0.308 e. The van der Waals surface area contributed by atoms with Gasteiger partial charge in [0, 0.05) is 13.1 Å². The number of ether oxygens (including phenoxy) is 1. The Morgan fingerprint density at radius 2 is 1.75 bits per heavy atom. The topological polar surface area (TPSA) is 66.8 Å². The number of esters is 1. The van der Waals surface area contributed by atoms with E-state index in [-0.39, 0.29) is 25.4 Å². The summed E-state index contributed by atoms with van der Waals surface area (Å²) >= 11 is 0. The first-order valence-corrected chi connectivity index (χ1v) is 5.66. The number of hydrogen-bond acceptors (Lipinski definition) is 4. The molecule has 0 aliphatic rings. The summed E-state index contributed by atoms with van der Waals surface area (Å²) < 4.78 is 4.68. The lowest BCUT2D eigenvalue weighted by Gasteiger charge is -2.20. The second-order valence-corrected chi connectivity index (χ2v) is 3.43. The third kappa shape index (κ3) is 5.70. The molecule has 1 atom stereocenters. The van der Waals surface area contributed by atoms with Crippen LogP contribution >= 0.6 is 0 Å². The van der Waals surface area contributed by atoms with E-state index < -0.39 is 12.1 Å². The van der Waals surface area contributed by atoms with Crippen LogP contribution in [0.5, 0.6) is 0 Å². The summed E-state index contributed by atoms with van der Waals surface area (Å²) in [6.45, 7) is 6.96. The normalized spacial score (nSPS) is 12.0. The number of carbonyl (C=O) groups is 2. The molecule has 0 bridgehead atoms. The van der Waals surface area contributed by atoms with Crippen LogP contribution in [0.4, 0.5) is 0 Å². The maximum absolute atomic E-state index is 11.6. The number of hydrogen-bond donors (Lipinski definition) is 1. The van der Waals surface area contributed by atoms with E-state index in [2.05, 4.69) is 4.74 Å². The van der Waals surface area contributed by atoms with Gasteiger partial charge in [0.1, 0.15) is 0 Å². The number of amides is 1. The van der Waals surface area contributed by atoms with Crippen LogP contribution in [0.2, 0.25) is 0 Å². The average Bonchev–Trinajstić information content (AvgIpc) is 2.19. The van der Waals surface area contributed by atoms with Gasteiger partial charge in [0.2, 0.25) is 5.91 Å². The lowest BCUT2D eigenvalue weighted by Crippen LogP contribution is -2.33. The molecule has 0 aromatic rings. The summed E-state index contributed by atoms with van der Waals surface area (Å²) in [6, 6.07) is 0. The van der Waals surface area contributed by atoms with Gasteiger partial charge in [-0.3, -0.25) is 9.59 Å². The van der Waals surface area contributed by atoms with Gasteiger partial charge in [0.05, 0.1) is 25.6 Å². The van der Waals surface area contributed by atoms with Gasteiger partial charge in [-0.1, -0.05) is 0 Å². The minimum Gasteiger partial charge on any atom is -0.466 e. The van der Waals surface area contributed by atoms with Crippen LogP contribution in [0.15, 0.2) is 0 Å². The van der Waals surface area contributed by atoms with Crippen LogP contribution in [0.1, 0.15) is 33.6 Å². The van der Waals surface area contributed by atoms with Crippen LogP contribution in [-0.2, 0) is 14.3 Å². The Morgan fingerprint density at radius 3 is 2.19 bits per heavy atom. The molecule has 0 aromatic carbocycles. The molecular weight excluding hydrogens is 210 g/mol. The number of aliphatic hydroxyl groups excluding tert-OH is 1. The van der Waals surface area contributed by atoms with Crippen molar-refractivity contribution in [2.24, 2.45) is 0 Å². The molecule has 1 amide bonds. The zero-order chi connectivity index (χ0) is 12.6. The molecule has 94 valence electrons. The van der Waals surface area contributed by atoms with Crippen molar-refractivity contribution in [2.45, 2.75) is 39.7 Å². The lowest BCUT2D eigenvalue weighted by atomic mass is 10.1. The highest BCUT2D eigenvalue weighted by molar-refractivity contribution is 5.78. The molecule has 0 radical (unpaired) electrons. The summed E-state index contributed by atoms with van der Waals surface area (Å²) in [5, 5.41) is 9.51. The summed E-state index contributed by atoms with van der Waals surface area (Å²) in [6.07, 6.45) is -1.10. The van der Waals surface area contributed by atoms with E-state index in [1.165, 1.54) is 0 Å². The van der Waals surface area contributed by atoms with E-state index in [0.29, 0.717) is 13.1 Å². The average molecular weight is 231 g/mol. The highest BCUT2D eigenvalue weighted by Crippen LogP contribution is 2.03. The summed E-state index contributed by atoms with van der Waals surface area (Å²) in [5.74, 6) is -0.607. The van der Waals surface area contributed by atoms with Crippen LogP contribution in [-0.4, -0.2) is 47.7 Å². The van der Waals surface area contributed by atoms with Crippen LogP contribution in [0.3, 0.4) is 0 Å². The molecule has 0 heterocycles. The Kier molecular flexibility index (Phi) is 7.54. The van der Waals surface area contributed by atoms with Gasteiger partial charge in [-0.15, -0.1) is 0 Å². The van der Waals surface area contributed by atoms with E-state index in [9.17, 15) is 14.7 Å². The molecule has 5 heteroatoms. The fraction of sp³-hybridized carbons (Fsp3) is 0.818. The van der Waals surface area contributed by atoms with Crippen molar-refractivity contribution < 1.29 is 19.4 Å². The van der Waals surface area contributed by atoms with Gasteiger partial charge >= 0.3 is 5.97 Å². The molecular formula is C11H21NO4. The van der Waals surface area contributed by atoms with Crippen molar-refractivity contribution in [3.05, 3.63) is 0 Å². The number of nitrogens with zero attached hydrogens (tertiary/aromatic N) is 1. The standard InChI is InChI=1S/C11H21NO4/c1-4-12(5-2)10(14)7-9(13)8-11(15)16-6-3/h9,13H,4-8H2,1-3H3/t9-/m0/s1. The van der Waals surface area contributed by atoms with Gasteiger partial charge in [-0.2, -0.15) is 0 Å². The number of carbonyl (C=O) groups excluding carboxylic acids is 2. The molecule has 0 saturated carbocycles. The van der Waals surface area contributed by atoms with Gasteiger partial charge in [0.25, 0.3) is 0 Å². The molecule has 0 rings (SSSR count). The molecule has 0 unspecified atom stereocenters. The molecule has 1 N–H and O–H groups in total. The van der Waals surface area contributed by atoms with Crippen LogP contribution < -0.4 is 0 Å². The Morgan fingerprint density at radius 1 is 1.19 bits per heavy atom. The van der Waals surface area contributed by atoms with E-state index in [1.54, 1.807) is 11.8 Å². The van der Waals surface area contributed by atoms with E-state index >= 15 is 0 Å². The zero-order valence-electron chi connectivity index (χ0n) is 10.2. The third-order valence-electron chi connectivity index (χ3n) is 2.23. The first-order valence-electron chi connectivity index (χ1n) is 5.66. The molecule has 0 fully saturated rings. The van der Waals surface area contributed by atoms with Crippen LogP contribution in [0, 0.1) is 0 Å². The van der Waals surface area contributed by atoms with Crippen molar-refractivity contribution in [1.29, 1.82) is 0 Å². The monoisotopic (exact) mass is 231 g/mol. The minimum atomic E-state index is -0.952.